The molecule has 0 heterocycles. The summed E-state index contributed by atoms with van der Waals surface area (Å²) >= 11 is 1.91. The third-order valence-electron chi connectivity index (χ3n) is 3.64. The molecule has 0 aromatic heterocycles. The maximum atomic E-state index is 2.44. The first-order valence-corrected chi connectivity index (χ1v) is 9.16. The van der Waals surface area contributed by atoms with Crippen LogP contribution >= 0.6 is 11.8 Å². The minimum Gasteiger partial charge on any atom is -0.0945 e. The number of rotatable bonds is 9. The van der Waals surface area contributed by atoms with Crippen LogP contribution in [-0.2, 0) is 6.42 Å². The largest absolute Gasteiger partial charge is 0.0945 e. The first-order valence-electron chi connectivity index (χ1n) is 8.34. The third kappa shape index (κ3) is 6.53. The van der Waals surface area contributed by atoms with Crippen molar-refractivity contribution in [1.82, 2.24) is 0 Å². The molecule has 0 N–H and O–H groups in total. The van der Waals surface area contributed by atoms with Crippen LogP contribution in [0.1, 0.15) is 44.6 Å². The van der Waals surface area contributed by atoms with Crippen molar-refractivity contribution >= 4 is 11.8 Å². The van der Waals surface area contributed by atoms with Gasteiger partial charge in [0, 0.05) is 11.3 Å². The molecular formula is C21H26S. The minimum absolute atomic E-state index is 1.04. The summed E-state index contributed by atoms with van der Waals surface area (Å²) in [4.78, 5) is 2.80. The quantitative estimate of drug-likeness (QED) is 0.359. The molecule has 116 valence electrons. The van der Waals surface area contributed by atoms with Crippen LogP contribution in [0.4, 0.5) is 0 Å². The zero-order chi connectivity index (χ0) is 15.5. The smallest absolute Gasteiger partial charge is 0.0119 e. The molecule has 0 nitrogen and oxygen atoms in total. The molecule has 0 aliphatic heterocycles. The van der Waals surface area contributed by atoms with Crippen LogP contribution < -0.4 is 0 Å². The first kappa shape index (κ1) is 16.9. The Bertz CT molecular complexity index is 499. The first-order chi connectivity index (χ1) is 10.9. The molecule has 0 saturated carbocycles. The number of thioether (sulfide) groups is 1. The zero-order valence-corrected chi connectivity index (χ0v) is 14.3. The number of unbranched alkanes of at least 4 members (excludes halogenated alkanes) is 4. The van der Waals surface area contributed by atoms with Crippen molar-refractivity contribution in [2.24, 2.45) is 0 Å². The summed E-state index contributed by atoms with van der Waals surface area (Å²) in [6.07, 6.45) is 9.99. The maximum absolute atomic E-state index is 2.44. The summed E-state index contributed by atoms with van der Waals surface area (Å²) < 4.78 is 0. The van der Waals surface area contributed by atoms with E-state index in [0.717, 1.165) is 6.42 Å². The highest BCUT2D eigenvalue weighted by molar-refractivity contribution is 8.03. The van der Waals surface area contributed by atoms with Gasteiger partial charge in [0.05, 0.1) is 0 Å². The molecule has 0 saturated heterocycles. The fraction of sp³-hybridized carbons (Fsp3) is 0.333. The topological polar surface area (TPSA) is 0 Å². The van der Waals surface area contributed by atoms with Crippen molar-refractivity contribution < 1.29 is 0 Å². The van der Waals surface area contributed by atoms with Gasteiger partial charge in [-0.15, -0.1) is 0 Å². The van der Waals surface area contributed by atoms with Crippen molar-refractivity contribution in [3.8, 4) is 0 Å². The summed E-state index contributed by atoms with van der Waals surface area (Å²) in [6, 6.07) is 21.5. The highest BCUT2D eigenvalue weighted by atomic mass is 32.2. The second-order valence-electron chi connectivity index (χ2n) is 5.60. The molecular weight excluding hydrogens is 284 g/mol. The Hall–Kier alpha value is -1.47. The molecule has 2 rings (SSSR count). The SMILES string of the molecule is CCCCCC/C=C(\Cc1ccccc1)Sc1ccccc1. The lowest BCUT2D eigenvalue weighted by molar-refractivity contribution is 0.674. The monoisotopic (exact) mass is 310 g/mol. The van der Waals surface area contributed by atoms with E-state index in [1.54, 1.807) is 0 Å². The molecule has 0 fully saturated rings. The fourth-order valence-electron chi connectivity index (χ4n) is 2.42. The molecule has 0 aliphatic carbocycles. The predicted molar refractivity (Wildman–Crippen MR) is 99.3 cm³/mol. The highest BCUT2D eigenvalue weighted by Crippen LogP contribution is 2.29. The predicted octanol–water partition coefficient (Wildman–Crippen LogP) is 6.88. The summed E-state index contributed by atoms with van der Waals surface area (Å²) in [5.41, 5.74) is 1.39. The molecule has 1 heteroatoms. The van der Waals surface area contributed by atoms with Crippen LogP contribution in [0.25, 0.3) is 0 Å². The van der Waals surface area contributed by atoms with Crippen LogP contribution in [0.5, 0.6) is 0 Å². The maximum Gasteiger partial charge on any atom is 0.0119 e. The highest BCUT2D eigenvalue weighted by Gasteiger charge is 2.02. The fourth-order valence-corrected chi connectivity index (χ4v) is 3.46. The van der Waals surface area contributed by atoms with Gasteiger partial charge in [0.25, 0.3) is 0 Å². The average Bonchev–Trinajstić information content (AvgIpc) is 2.56. The van der Waals surface area contributed by atoms with Gasteiger partial charge in [-0.05, 0) is 35.4 Å². The van der Waals surface area contributed by atoms with E-state index in [2.05, 4.69) is 73.7 Å². The van der Waals surface area contributed by atoms with Gasteiger partial charge in [-0.3, -0.25) is 0 Å². The molecule has 0 bridgehead atoms. The molecule has 22 heavy (non-hydrogen) atoms. The Balaban J connectivity index is 1.98. The Morgan fingerprint density at radius 2 is 1.55 bits per heavy atom. The molecule has 0 unspecified atom stereocenters. The van der Waals surface area contributed by atoms with Gasteiger partial charge < -0.3 is 0 Å². The van der Waals surface area contributed by atoms with Crippen LogP contribution in [0.15, 0.2) is 76.5 Å². The van der Waals surface area contributed by atoms with E-state index in [0.29, 0.717) is 0 Å². The normalized spacial score (nSPS) is 11.6. The summed E-state index contributed by atoms with van der Waals surface area (Å²) in [5, 5.41) is 0. The minimum atomic E-state index is 1.04. The van der Waals surface area contributed by atoms with E-state index in [4.69, 9.17) is 0 Å². The second-order valence-corrected chi connectivity index (χ2v) is 6.80. The van der Waals surface area contributed by atoms with Crippen molar-refractivity contribution in [3.05, 3.63) is 77.2 Å². The third-order valence-corrected chi connectivity index (χ3v) is 4.72. The Morgan fingerprint density at radius 1 is 0.864 bits per heavy atom. The Kier molecular flexibility index (Phi) is 7.90. The van der Waals surface area contributed by atoms with Crippen LogP contribution in [-0.4, -0.2) is 0 Å². The van der Waals surface area contributed by atoms with Crippen LogP contribution in [0, 0.1) is 0 Å². The number of hydrogen-bond acceptors (Lipinski definition) is 1. The lowest BCUT2D eigenvalue weighted by Gasteiger charge is -2.08. The van der Waals surface area contributed by atoms with Gasteiger partial charge in [-0.25, -0.2) is 0 Å². The van der Waals surface area contributed by atoms with Crippen LogP contribution in [0.3, 0.4) is 0 Å². The standard InChI is InChI=1S/C21H26S/c1-2-3-4-5-10-17-21(18-19-13-8-6-9-14-19)22-20-15-11-7-12-16-20/h6-9,11-17H,2-5,10,18H2,1H3/b21-17+. The lowest BCUT2D eigenvalue weighted by atomic mass is 10.1. The van der Waals surface area contributed by atoms with E-state index in [9.17, 15) is 0 Å². The Labute approximate surface area is 139 Å². The second kappa shape index (κ2) is 10.3. The van der Waals surface area contributed by atoms with Gasteiger partial charge in [0.2, 0.25) is 0 Å². The van der Waals surface area contributed by atoms with E-state index in [-0.39, 0.29) is 0 Å². The molecule has 0 spiro atoms. The van der Waals surface area contributed by atoms with Gasteiger partial charge in [-0.1, -0.05) is 92.6 Å². The van der Waals surface area contributed by atoms with Gasteiger partial charge in [-0.2, -0.15) is 0 Å². The van der Waals surface area contributed by atoms with E-state index < -0.39 is 0 Å². The number of hydrogen-bond donors (Lipinski definition) is 0. The molecule has 0 radical (unpaired) electrons. The van der Waals surface area contributed by atoms with Crippen molar-refractivity contribution in [1.29, 1.82) is 0 Å². The molecule has 0 aliphatic rings. The average molecular weight is 311 g/mol. The summed E-state index contributed by atoms with van der Waals surface area (Å²) in [6.45, 7) is 2.27. The summed E-state index contributed by atoms with van der Waals surface area (Å²) in [7, 11) is 0. The van der Waals surface area contributed by atoms with Gasteiger partial charge in [0.15, 0.2) is 0 Å². The van der Waals surface area contributed by atoms with Crippen molar-refractivity contribution in [2.75, 3.05) is 0 Å². The van der Waals surface area contributed by atoms with Gasteiger partial charge in [0.1, 0.15) is 0 Å². The molecule has 0 amide bonds. The van der Waals surface area contributed by atoms with Crippen LogP contribution in [0.2, 0.25) is 0 Å². The summed E-state index contributed by atoms with van der Waals surface area (Å²) in [5.74, 6) is 0. The molecule has 0 atom stereocenters. The number of allylic oxidation sites excluding steroid dienone is 2. The molecule has 2 aromatic rings. The van der Waals surface area contributed by atoms with Gasteiger partial charge >= 0.3 is 0 Å². The number of benzene rings is 2. The zero-order valence-electron chi connectivity index (χ0n) is 13.5. The van der Waals surface area contributed by atoms with E-state index in [1.807, 2.05) is 11.8 Å². The molecule has 2 aromatic carbocycles. The van der Waals surface area contributed by atoms with E-state index >= 15 is 0 Å². The lowest BCUT2D eigenvalue weighted by Crippen LogP contribution is -1.88. The van der Waals surface area contributed by atoms with E-state index in [1.165, 1.54) is 47.5 Å². The van der Waals surface area contributed by atoms with Crippen molar-refractivity contribution in [2.45, 2.75) is 50.3 Å². The van der Waals surface area contributed by atoms with Crippen molar-refractivity contribution in [3.63, 3.8) is 0 Å². The Morgan fingerprint density at radius 3 is 2.23 bits per heavy atom.